The second kappa shape index (κ2) is 7.66. The van der Waals surface area contributed by atoms with Crippen molar-refractivity contribution in [3.8, 4) is 23.0 Å². The van der Waals surface area contributed by atoms with Crippen molar-refractivity contribution in [3.05, 3.63) is 47.0 Å². The summed E-state index contributed by atoms with van der Waals surface area (Å²) >= 11 is 0. The van der Waals surface area contributed by atoms with E-state index in [0.717, 1.165) is 61.9 Å². The van der Waals surface area contributed by atoms with Crippen molar-refractivity contribution in [2.24, 2.45) is 0 Å². The van der Waals surface area contributed by atoms with Gasteiger partial charge < -0.3 is 29.1 Å². The molecule has 2 aromatic rings. The number of aryl methyl sites for hydroxylation is 1. The molecule has 6 heteroatoms. The van der Waals surface area contributed by atoms with Crippen LogP contribution in [0, 0.1) is 6.92 Å². The summed E-state index contributed by atoms with van der Waals surface area (Å²) in [4.78, 5) is 3.09. The van der Waals surface area contributed by atoms with Crippen LogP contribution in [0.2, 0.25) is 0 Å². The predicted octanol–water partition coefficient (Wildman–Crippen LogP) is -0.0785. The molecule has 2 heterocycles. The molecule has 27 heavy (non-hydrogen) atoms. The van der Waals surface area contributed by atoms with Gasteiger partial charge in [0.25, 0.3) is 0 Å². The van der Waals surface area contributed by atoms with E-state index in [1.54, 1.807) is 12.0 Å². The van der Waals surface area contributed by atoms with Crippen LogP contribution in [0.4, 0.5) is 0 Å². The molecule has 3 N–H and O–H groups in total. The van der Waals surface area contributed by atoms with Gasteiger partial charge in [-0.2, -0.15) is 0 Å². The Morgan fingerprint density at radius 1 is 0.963 bits per heavy atom. The van der Waals surface area contributed by atoms with E-state index in [1.165, 1.54) is 10.5 Å². The molecule has 0 unspecified atom stereocenters. The Bertz CT molecular complexity index is 816. The molecule has 1 fully saturated rings. The third kappa shape index (κ3) is 3.96. The zero-order valence-corrected chi connectivity index (χ0v) is 16.0. The lowest BCUT2D eigenvalue weighted by Crippen LogP contribution is -3.27. The fourth-order valence-corrected chi connectivity index (χ4v) is 4.03. The van der Waals surface area contributed by atoms with Gasteiger partial charge in [0, 0.05) is 5.56 Å². The van der Waals surface area contributed by atoms with E-state index < -0.39 is 0 Å². The molecule has 4 rings (SSSR count). The number of methoxy groups -OCH3 is 1. The highest BCUT2D eigenvalue weighted by Crippen LogP contribution is 2.32. The zero-order valence-electron chi connectivity index (χ0n) is 16.0. The maximum Gasteiger partial charge on any atom is 0.231 e. The minimum absolute atomic E-state index is 0.283. The minimum atomic E-state index is 0.283. The summed E-state index contributed by atoms with van der Waals surface area (Å²) in [6, 6.07) is 10.2. The highest BCUT2D eigenvalue weighted by Gasteiger charge is 2.25. The number of benzene rings is 2. The normalized spacial score (nSPS) is 21.3. The van der Waals surface area contributed by atoms with Crippen molar-refractivity contribution in [3.63, 3.8) is 0 Å². The maximum atomic E-state index is 10.4. The Morgan fingerprint density at radius 2 is 1.67 bits per heavy atom. The van der Waals surface area contributed by atoms with E-state index in [2.05, 4.69) is 18.2 Å². The van der Waals surface area contributed by atoms with Gasteiger partial charge in [-0.15, -0.1) is 0 Å². The quantitative estimate of drug-likeness (QED) is 0.687. The Balaban J connectivity index is 1.33. The lowest BCUT2D eigenvalue weighted by molar-refractivity contribution is -1.02. The molecule has 2 aromatic carbocycles. The van der Waals surface area contributed by atoms with Crippen LogP contribution in [0.25, 0.3) is 0 Å². The number of phenols is 1. The molecule has 0 radical (unpaired) electrons. The predicted molar refractivity (Wildman–Crippen MR) is 101 cm³/mol. The molecular formula is C21H28N2O4+2. The molecule has 0 amide bonds. The number of fused-ring (bicyclic) bond motifs is 1. The van der Waals surface area contributed by atoms with Crippen molar-refractivity contribution < 1.29 is 29.1 Å². The molecule has 1 saturated heterocycles. The molecular weight excluding hydrogens is 344 g/mol. The number of ether oxygens (including phenoxy) is 3. The first kappa shape index (κ1) is 17.9. The molecule has 0 atom stereocenters. The average molecular weight is 372 g/mol. The van der Waals surface area contributed by atoms with E-state index >= 15 is 0 Å². The molecule has 0 spiro atoms. The van der Waals surface area contributed by atoms with Crippen molar-refractivity contribution in [1.29, 1.82) is 0 Å². The molecule has 144 valence electrons. The van der Waals surface area contributed by atoms with Gasteiger partial charge in [0.1, 0.15) is 39.3 Å². The minimum Gasteiger partial charge on any atom is -0.504 e. The van der Waals surface area contributed by atoms with Gasteiger partial charge >= 0.3 is 0 Å². The fourth-order valence-electron chi connectivity index (χ4n) is 4.03. The van der Waals surface area contributed by atoms with Crippen LogP contribution < -0.4 is 24.0 Å². The van der Waals surface area contributed by atoms with Crippen LogP contribution in [0.1, 0.15) is 16.7 Å². The number of hydrogen-bond donors (Lipinski definition) is 3. The average Bonchev–Trinajstić information content (AvgIpc) is 3.14. The van der Waals surface area contributed by atoms with Crippen LogP contribution in [0.15, 0.2) is 30.3 Å². The third-order valence-electron chi connectivity index (χ3n) is 5.51. The monoisotopic (exact) mass is 372 g/mol. The molecule has 2 aliphatic heterocycles. The molecule has 0 aromatic heterocycles. The van der Waals surface area contributed by atoms with E-state index in [1.807, 2.05) is 19.1 Å². The van der Waals surface area contributed by atoms with E-state index in [9.17, 15) is 5.11 Å². The first-order valence-electron chi connectivity index (χ1n) is 9.54. The summed E-state index contributed by atoms with van der Waals surface area (Å²) in [5.74, 6) is 2.55. The summed E-state index contributed by atoms with van der Waals surface area (Å²) in [7, 11) is 1.60. The molecule has 0 aliphatic carbocycles. The molecule has 6 nitrogen and oxygen atoms in total. The van der Waals surface area contributed by atoms with E-state index in [0.29, 0.717) is 12.5 Å². The highest BCUT2D eigenvalue weighted by atomic mass is 16.7. The van der Waals surface area contributed by atoms with Gasteiger partial charge in [0.2, 0.25) is 6.79 Å². The summed E-state index contributed by atoms with van der Waals surface area (Å²) in [5, 5.41) is 10.4. The SMILES string of the molecule is COc1cc(C)cc(C[NH+]2CC[NH+](Cc3ccc4c(c3)OCO4)CC2)c1O. The van der Waals surface area contributed by atoms with Gasteiger partial charge in [0.05, 0.1) is 12.7 Å². The summed E-state index contributed by atoms with van der Waals surface area (Å²) < 4.78 is 16.2. The molecule has 0 bridgehead atoms. The van der Waals surface area contributed by atoms with Gasteiger partial charge in [-0.25, -0.2) is 0 Å². The Labute approximate surface area is 159 Å². The second-order valence-corrected chi connectivity index (χ2v) is 7.52. The lowest BCUT2D eigenvalue weighted by atomic mass is 10.1. The number of piperazine rings is 1. The van der Waals surface area contributed by atoms with Crippen molar-refractivity contribution >= 4 is 0 Å². The number of aromatic hydroxyl groups is 1. The zero-order chi connectivity index (χ0) is 18.8. The summed E-state index contributed by atoms with van der Waals surface area (Å²) in [6.07, 6.45) is 0. The highest BCUT2D eigenvalue weighted by molar-refractivity contribution is 5.48. The topological polar surface area (TPSA) is 56.8 Å². The Hall–Kier alpha value is -2.44. The smallest absolute Gasteiger partial charge is 0.231 e. The van der Waals surface area contributed by atoms with Crippen LogP contribution in [-0.2, 0) is 13.1 Å². The van der Waals surface area contributed by atoms with Crippen LogP contribution in [-0.4, -0.2) is 45.2 Å². The van der Waals surface area contributed by atoms with E-state index in [4.69, 9.17) is 14.2 Å². The first-order valence-corrected chi connectivity index (χ1v) is 9.54. The van der Waals surface area contributed by atoms with Crippen molar-refractivity contribution in [2.75, 3.05) is 40.1 Å². The summed E-state index contributed by atoms with van der Waals surface area (Å²) in [5.41, 5.74) is 3.38. The van der Waals surface area contributed by atoms with Gasteiger partial charge in [0.15, 0.2) is 23.0 Å². The fraction of sp³-hybridized carbons (Fsp3) is 0.429. The number of hydrogen-bond acceptors (Lipinski definition) is 4. The van der Waals surface area contributed by atoms with Crippen LogP contribution >= 0.6 is 0 Å². The standard InChI is InChI=1S/C21H26N2O4/c1-15-9-17(21(24)20(10-15)25-2)13-23-7-5-22(6-8-23)12-16-3-4-18-19(11-16)27-14-26-18/h3-4,9-11,24H,5-8,12-14H2,1-2H3/p+2. The number of phenolic OH excluding ortho intramolecular Hbond substituents is 1. The van der Waals surface area contributed by atoms with Crippen molar-refractivity contribution in [2.45, 2.75) is 20.0 Å². The summed E-state index contributed by atoms with van der Waals surface area (Å²) in [6.45, 7) is 8.62. The largest absolute Gasteiger partial charge is 0.504 e. The van der Waals surface area contributed by atoms with Gasteiger partial charge in [-0.05, 0) is 42.8 Å². The van der Waals surface area contributed by atoms with Gasteiger partial charge in [-0.1, -0.05) is 0 Å². The first-order chi connectivity index (χ1) is 13.1. The maximum absolute atomic E-state index is 10.4. The third-order valence-corrected chi connectivity index (χ3v) is 5.51. The van der Waals surface area contributed by atoms with Crippen LogP contribution in [0.5, 0.6) is 23.0 Å². The Morgan fingerprint density at radius 3 is 2.41 bits per heavy atom. The number of nitrogens with one attached hydrogen (secondary N) is 2. The van der Waals surface area contributed by atoms with Crippen LogP contribution in [0.3, 0.4) is 0 Å². The van der Waals surface area contributed by atoms with E-state index in [-0.39, 0.29) is 5.75 Å². The molecule has 2 aliphatic rings. The Kier molecular flexibility index (Phi) is 5.09. The second-order valence-electron chi connectivity index (χ2n) is 7.52. The number of quaternary nitrogens is 2. The number of rotatable bonds is 5. The van der Waals surface area contributed by atoms with Crippen molar-refractivity contribution in [1.82, 2.24) is 0 Å². The lowest BCUT2D eigenvalue weighted by Gasteiger charge is -2.30. The molecule has 0 saturated carbocycles. The van der Waals surface area contributed by atoms with Gasteiger partial charge in [-0.3, -0.25) is 0 Å².